The van der Waals surface area contributed by atoms with Crippen LogP contribution >= 0.6 is 0 Å². The molecule has 0 saturated heterocycles. The Morgan fingerprint density at radius 2 is 2.13 bits per heavy atom. The summed E-state index contributed by atoms with van der Waals surface area (Å²) in [5.41, 5.74) is 4.61. The molecule has 2 N–H and O–H groups in total. The minimum Gasteiger partial charge on any atom is -0.462 e. The number of hydrogen-bond donors (Lipinski definition) is 1. The van der Waals surface area contributed by atoms with Crippen LogP contribution in [0.1, 0.15) is 23.7 Å². The molecule has 1 aromatic carbocycles. The van der Waals surface area contributed by atoms with Gasteiger partial charge in [-0.05, 0) is 12.5 Å². The molecule has 0 bridgehead atoms. The summed E-state index contributed by atoms with van der Waals surface area (Å²) in [6, 6.07) is 1.47. The van der Waals surface area contributed by atoms with Crippen LogP contribution in [0.4, 0.5) is 14.5 Å². The Kier molecular flexibility index (Phi) is 3.60. The molecule has 0 atom stereocenters. The van der Waals surface area contributed by atoms with Crippen LogP contribution in [-0.2, 0) is 4.74 Å². The molecule has 0 aliphatic carbocycles. The maximum Gasteiger partial charge on any atom is 0.340 e. The molecule has 3 nitrogen and oxygen atoms in total. The van der Waals surface area contributed by atoms with E-state index in [9.17, 15) is 13.6 Å². The zero-order valence-electron chi connectivity index (χ0n) is 8.22. The van der Waals surface area contributed by atoms with Crippen molar-refractivity contribution in [2.75, 3.05) is 12.3 Å². The molecule has 0 amide bonds. The number of carbonyl (C=O) groups is 1. The molecule has 0 fully saturated rings. The third kappa shape index (κ3) is 2.65. The van der Waals surface area contributed by atoms with E-state index in [1.165, 1.54) is 0 Å². The van der Waals surface area contributed by atoms with Gasteiger partial charge in [0.15, 0.2) is 0 Å². The summed E-state index contributed by atoms with van der Waals surface area (Å²) in [6.07, 6.45) is 0.628. The summed E-state index contributed by atoms with van der Waals surface area (Å²) < 4.78 is 30.5. The number of nitrogens with two attached hydrogens (primary N) is 1. The summed E-state index contributed by atoms with van der Waals surface area (Å²) in [6.45, 7) is 2.00. The zero-order valence-corrected chi connectivity index (χ0v) is 8.22. The van der Waals surface area contributed by atoms with Crippen molar-refractivity contribution in [2.45, 2.75) is 13.3 Å². The highest BCUT2D eigenvalue weighted by atomic mass is 19.1. The molecular formula is C10H11F2NO2. The van der Waals surface area contributed by atoms with E-state index in [1.54, 1.807) is 0 Å². The van der Waals surface area contributed by atoms with E-state index in [0.717, 1.165) is 6.07 Å². The Hall–Kier alpha value is -1.65. The fraction of sp³-hybridized carbons (Fsp3) is 0.300. The Morgan fingerprint density at radius 3 is 2.73 bits per heavy atom. The number of halogens is 2. The monoisotopic (exact) mass is 215 g/mol. The number of benzene rings is 1. The van der Waals surface area contributed by atoms with Crippen molar-refractivity contribution in [2.24, 2.45) is 0 Å². The van der Waals surface area contributed by atoms with E-state index < -0.39 is 23.3 Å². The molecule has 0 radical (unpaired) electrons. The normalized spacial score (nSPS) is 10.1. The van der Waals surface area contributed by atoms with Crippen molar-refractivity contribution in [3.63, 3.8) is 0 Å². The van der Waals surface area contributed by atoms with Gasteiger partial charge in [0.2, 0.25) is 0 Å². The minimum absolute atomic E-state index is 0.191. The molecule has 0 saturated carbocycles. The van der Waals surface area contributed by atoms with E-state index in [-0.39, 0.29) is 12.2 Å². The van der Waals surface area contributed by atoms with Gasteiger partial charge in [-0.1, -0.05) is 6.92 Å². The van der Waals surface area contributed by atoms with Crippen LogP contribution in [0.15, 0.2) is 12.1 Å². The predicted octanol–water partition coefficient (Wildman–Crippen LogP) is 2.11. The number of anilines is 1. The lowest BCUT2D eigenvalue weighted by Gasteiger charge is -2.06. The van der Waals surface area contributed by atoms with Gasteiger partial charge >= 0.3 is 5.97 Å². The van der Waals surface area contributed by atoms with Gasteiger partial charge in [-0.15, -0.1) is 0 Å². The number of nitrogen functional groups attached to an aromatic ring is 1. The first kappa shape index (κ1) is 11.4. The highest BCUT2D eigenvalue weighted by Crippen LogP contribution is 2.19. The molecule has 5 heteroatoms. The second kappa shape index (κ2) is 4.72. The van der Waals surface area contributed by atoms with Crippen molar-refractivity contribution in [1.29, 1.82) is 0 Å². The minimum atomic E-state index is -0.960. The molecule has 15 heavy (non-hydrogen) atoms. The SMILES string of the molecule is CCCOC(=O)c1cc(F)cc(F)c1N. The largest absolute Gasteiger partial charge is 0.462 e. The predicted molar refractivity (Wildman–Crippen MR) is 51.3 cm³/mol. The highest BCUT2D eigenvalue weighted by Gasteiger charge is 2.16. The highest BCUT2D eigenvalue weighted by molar-refractivity contribution is 5.95. The third-order valence-electron chi connectivity index (χ3n) is 1.75. The van der Waals surface area contributed by atoms with E-state index in [2.05, 4.69) is 0 Å². The molecule has 1 rings (SSSR count). The molecule has 1 aromatic rings. The zero-order chi connectivity index (χ0) is 11.4. The van der Waals surface area contributed by atoms with E-state index in [4.69, 9.17) is 10.5 Å². The van der Waals surface area contributed by atoms with Crippen molar-refractivity contribution in [3.8, 4) is 0 Å². The van der Waals surface area contributed by atoms with Gasteiger partial charge in [0, 0.05) is 6.07 Å². The van der Waals surface area contributed by atoms with Crippen LogP contribution in [0.2, 0.25) is 0 Å². The quantitative estimate of drug-likeness (QED) is 0.620. The first-order valence-corrected chi connectivity index (χ1v) is 4.48. The fourth-order valence-corrected chi connectivity index (χ4v) is 1.03. The number of rotatable bonds is 3. The topological polar surface area (TPSA) is 52.3 Å². The van der Waals surface area contributed by atoms with Gasteiger partial charge in [-0.25, -0.2) is 13.6 Å². The van der Waals surface area contributed by atoms with Crippen molar-refractivity contribution in [1.82, 2.24) is 0 Å². The lowest BCUT2D eigenvalue weighted by Crippen LogP contribution is -2.10. The summed E-state index contributed by atoms with van der Waals surface area (Å²) in [7, 11) is 0. The molecule has 0 aliphatic heterocycles. The van der Waals surface area contributed by atoms with Gasteiger partial charge in [-0.3, -0.25) is 0 Å². The number of ether oxygens (including phenoxy) is 1. The second-order valence-electron chi connectivity index (χ2n) is 2.98. The van der Waals surface area contributed by atoms with E-state index in [1.807, 2.05) is 6.92 Å². The Labute approximate surface area is 85.8 Å². The fourth-order valence-electron chi connectivity index (χ4n) is 1.03. The maximum atomic E-state index is 12.9. The van der Waals surface area contributed by atoms with Gasteiger partial charge < -0.3 is 10.5 Å². The molecule has 0 heterocycles. The van der Waals surface area contributed by atoms with Crippen molar-refractivity contribution >= 4 is 11.7 Å². The standard InChI is InChI=1S/C10H11F2NO2/c1-2-3-15-10(14)7-4-6(11)5-8(12)9(7)13/h4-5H,2-3,13H2,1H3. The molecule has 0 spiro atoms. The van der Waals surface area contributed by atoms with E-state index in [0.29, 0.717) is 12.5 Å². The molecule has 0 unspecified atom stereocenters. The summed E-state index contributed by atoms with van der Waals surface area (Å²) in [5, 5.41) is 0. The van der Waals surface area contributed by atoms with Crippen LogP contribution < -0.4 is 5.73 Å². The van der Waals surface area contributed by atoms with Crippen LogP contribution in [-0.4, -0.2) is 12.6 Å². The van der Waals surface area contributed by atoms with Crippen LogP contribution in [0.5, 0.6) is 0 Å². The second-order valence-corrected chi connectivity index (χ2v) is 2.98. The molecule has 0 aromatic heterocycles. The number of carbonyl (C=O) groups excluding carboxylic acids is 1. The van der Waals surface area contributed by atoms with Crippen molar-refractivity contribution < 1.29 is 18.3 Å². The molecule has 0 aliphatic rings. The average Bonchev–Trinajstić information content (AvgIpc) is 2.19. The summed E-state index contributed by atoms with van der Waals surface area (Å²) in [4.78, 5) is 11.3. The van der Waals surface area contributed by atoms with Crippen LogP contribution in [0, 0.1) is 11.6 Å². The smallest absolute Gasteiger partial charge is 0.340 e. The first-order chi connectivity index (χ1) is 7.06. The van der Waals surface area contributed by atoms with E-state index >= 15 is 0 Å². The lowest BCUT2D eigenvalue weighted by atomic mass is 10.1. The van der Waals surface area contributed by atoms with Gasteiger partial charge in [0.05, 0.1) is 17.9 Å². The Morgan fingerprint density at radius 1 is 1.47 bits per heavy atom. The number of esters is 1. The van der Waals surface area contributed by atoms with Crippen LogP contribution in [0.3, 0.4) is 0 Å². The molecular weight excluding hydrogens is 204 g/mol. The van der Waals surface area contributed by atoms with Crippen molar-refractivity contribution in [3.05, 3.63) is 29.3 Å². The van der Waals surface area contributed by atoms with Gasteiger partial charge in [0.25, 0.3) is 0 Å². The summed E-state index contributed by atoms with van der Waals surface area (Å²) >= 11 is 0. The Balaban J connectivity index is 2.98. The molecule has 82 valence electrons. The van der Waals surface area contributed by atoms with Gasteiger partial charge in [-0.2, -0.15) is 0 Å². The lowest BCUT2D eigenvalue weighted by molar-refractivity contribution is 0.0505. The third-order valence-corrected chi connectivity index (χ3v) is 1.75. The Bertz CT molecular complexity index is 380. The van der Waals surface area contributed by atoms with Crippen LogP contribution in [0.25, 0.3) is 0 Å². The van der Waals surface area contributed by atoms with Gasteiger partial charge in [0.1, 0.15) is 11.6 Å². The summed E-state index contributed by atoms with van der Waals surface area (Å²) in [5.74, 6) is -2.63. The average molecular weight is 215 g/mol. The maximum absolute atomic E-state index is 12.9. The first-order valence-electron chi connectivity index (χ1n) is 4.48. The number of hydrogen-bond acceptors (Lipinski definition) is 3.